The van der Waals surface area contributed by atoms with Gasteiger partial charge in [0.25, 0.3) is 0 Å². The molecule has 7 nitrogen and oxygen atoms in total. The number of fused-ring (bicyclic) bond motifs is 1. The molecule has 5 atom stereocenters. The summed E-state index contributed by atoms with van der Waals surface area (Å²) in [5, 5.41) is 41.8. The highest BCUT2D eigenvalue weighted by atomic mass is 32.1. The van der Waals surface area contributed by atoms with Gasteiger partial charge in [0, 0.05) is 28.7 Å². The number of thiophene rings is 1. The second-order valence-electron chi connectivity index (χ2n) is 7.89. The van der Waals surface area contributed by atoms with Gasteiger partial charge in [-0.15, -0.1) is 11.3 Å². The highest BCUT2D eigenvalue weighted by Crippen LogP contribution is 2.38. The van der Waals surface area contributed by atoms with Crippen LogP contribution in [0.1, 0.15) is 22.1 Å². The Labute approximate surface area is 190 Å². The lowest BCUT2D eigenvalue weighted by atomic mass is 9.90. The average molecular weight is 461 g/mol. The van der Waals surface area contributed by atoms with E-state index in [4.69, 9.17) is 14.2 Å². The van der Waals surface area contributed by atoms with E-state index in [-0.39, 0.29) is 0 Å². The van der Waals surface area contributed by atoms with Gasteiger partial charge in [-0.25, -0.2) is 0 Å². The summed E-state index contributed by atoms with van der Waals surface area (Å²) in [6.07, 6.45) is -5.52. The lowest BCUT2D eigenvalue weighted by Gasteiger charge is -2.40. The molecule has 1 saturated heterocycles. The first-order chi connectivity index (χ1) is 15.5. The Balaban J connectivity index is 1.65. The summed E-state index contributed by atoms with van der Waals surface area (Å²) in [5.41, 5.74) is 1.54. The summed E-state index contributed by atoms with van der Waals surface area (Å²) in [6.45, 7) is 0.205. The van der Waals surface area contributed by atoms with E-state index in [0.717, 1.165) is 5.56 Å². The molecule has 8 heteroatoms. The van der Waals surface area contributed by atoms with Crippen LogP contribution in [0.15, 0.2) is 48.5 Å². The van der Waals surface area contributed by atoms with E-state index in [0.29, 0.717) is 30.9 Å². The van der Waals surface area contributed by atoms with Crippen LogP contribution >= 0.6 is 11.3 Å². The van der Waals surface area contributed by atoms with Crippen LogP contribution in [0.5, 0.6) is 5.75 Å². The quantitative estimate of drug-likeness (QED) is 0.381. The van der Waals surface area contributed by atoms with E-state index in [1.165, 1.54) is 15.0 Å². The average Bonchev–Trinajstić information content (AvgIpc) is 3.21. The molecule has 0 amide bonds. The van der Waals surface area contributed by atoms with E-state index in [1.807, 2.05) is 30.3 Å². The van der Waals surface area contributed by atoms with Crippen molar-refractivity contribution in [2.45, 2.75) is 36.9 Å². The molecule has 0 radical (unpaired) electrons. The first-order valence-electron chi connectivity index (χ1n) is 10.5. The zero-order valence-electron chi connectivity index (χ0n) is 17.8. The molecule has 0 spiro atoms. The lowest BCUT2D eigenvalue weighted by Crippen LogP contribution is -2.55. The smallest absolute Gasteiger partial charge is 0.125 e. The van der Waals surface area contributed by atoms with Crippen LogP contribution in [0.3, 0.4) is 0 Å². The molecule has 0 bridgehead atoms. The molecule has 32 heavy (non-hydrogen) atoms. The number of methoxy groups -OCH3 is 1. The number of ether oxygens (including phenoxy) is 3. The van der Waals surface area contributed by atoms with Gasteiger partial charge in [0.1, 0.15) is 42.9 Å². The summed E-state index contributed by atoms with van der Waals surface area (Å²) < 4.78 is 17.9. The van der Waals surface area contributed by atoms with E-state index < -0.39 is 37.1 Å². The summed E-state index contributed by atoms with van der Waals surface area (Å²) >= 11 is 1.73. The molecule has 3 aromatic rings. The van der Waals surface area contributed by atoms with Gasteiger partial charge in [-0.05, 0) is 35.2 Å². The number of rotatable bonds is 8. The normalized spacial score (nSPS) is 25.8. The van der Waals surface area contributed by atoms with Crippen molar-refractivity contribution in [2.24, 2.45) is 0 Å². The fourth-order valence-electron chi connectivity index (χ4n) is 3.98. The molecule has 1 aliphatic heterocycles. The topological polar surface area (TPSA) is 109 Å². The van der Waals surface area contributed by atoms with Crippen LogP contribution in [0, 0.1) is 0 Å². The van der Waals surface area contributed by atoms with Crippen LogP contribution in [0.4, 0.5) is 0 Å². The summed E-state index contributed by atoms with van der Waals surface area (Å²) in [6, 6.07) is 16.0. The minimum absolute atomic E-state index is 0.302. The van der Waals surface area contributed by atoms with E-state index in [2.05, 4.69) is 18.2 Å². The minimum Gasteiger partial charge on any atom is -0.491 e. The molecule has 2 aromatic carbocycles. The molecule has 2 heterocycles. The molecule has 4 N–H and O–H groups in total. The van der Waals surface area contributed by atoms with Crippen LogP contribution in [0.2, 0.25) is 0 Å². The number of benzene rings is 2. The second kappa shape index (κ2) is 10.3. The SMILES string of the molecule is COCCOc1ccc(Cc2cc3ccccc3s2)cc1[C@@H]1O[C@H](CO)[C@@H](O)[C@H](O)[C@H]1O. The number of hydrogen-bond acceptors (Lipinski definition) is 8. The summed E-state index contributed by atoms with van der Waals surface area (Å²) in [4.78, 5) is 1.19. The molecule has 1 fully saturated rings. The largest absolute Gasteiger partial charge is 0.491 e. The fourth-order valence-corrected chi connectivity index (χ4v) is 5.08. The molecule has 0 unspecified atom stereocenters. The number of hydrogen-bond donors (Lipinski definition) is 4. The van der Waals surface area contributed by atoms with Crippen LogP contribution in [0.25, 0.3) is 10.1 Å². The number of aliphatic hydroxyl groups is 4. The molecular formula is C24H28O7S. The summed E-state index contributed by atoms with van der Waals surface area (Å²) in [5.74, 6) is 0.492. The van der Waals surface area contributed by atoms with Crippen molar-refractivity contribution >= 4 is 21.4 Å². The molecule has 0 saturated carbocycles. The highest BCUT2D eigenvalue weighted by Gasteiger charge is 2.44. The molecule has 0 aliphatic carbocycles. The Morgan fingerprint density at radius 1 is 0.969 bits per heavy atom. The Morgan fingerprint density at radius 2 is 1.78 bits per heavy atom. The fraction of sp³-hybridized carbons (Fsp3) is 0.417. The third-order valence-corrected chi connectivity index (χ3v) is 6.79. The summed E-state index contributed by atoms with van der Waals surface area (Å²) in [7, 11) is 1.58. The zero-order valence-corrected chi connectivity index (χ0v) is 18.6. The monoisotopic (exact) mass is 460 g/mol. The Hall–Kier alpha value is -2.04. The molecule has 172 valence electrons. The standard InChI is InChI=1S/C24H28O7S/c1-29-8-9-30-18-7-6-14(10-16-12-15-4-2-3-5-20(15)32-16)11-17(18)24-23(28)22(27)21(26)19(13-25)31-24/h2-7,11-12,19,21-28H,8-10,13H2,1H3/t19-,21-,22+,23-,24+/m1/s1. The molecule has 4 rings (SSSR count). The minimum atomic E-state index is -1.45. The van der Waals surface area contributed by atoms with Gasteiger partial charge in [0.05, 0.1) is 13.2 Å². The molecule has 1 aromatic heterocycles. The predicted molar refractivity (Wildman–Crippen MR) is 121 cm³/mol. The van der Waals surface area contributed by atoms with E-state index in [9.17, 15) is 20.4 Å². The number of aliphatic hydroxyl groups excluding tert-OH is 4. The van der Waals surface area contributed by atoms with Crippen LogP contribution < -0.4 is 4.74 Å². The van der Waals surface area contributed by atoms with Gasteiger partial charge in [0.2, 0.25) is 0 Å². The zero-order chi connectivity index (χ0) is 22.7. The van der Waals surface area contributed by atoms with Gasteiger partial charge >= 0.3 is 0 Å². The van der Waals surface area contributed by atoms with Crippen LogP contribution in [-0.4, -0.2) is 71.8 Å². The highest BCUT2D eigenvalue weighted by molar-refractivity contribution is 7.19. The second-order valence-corrected chi connectivity index (χ2v) is 9.06. The van der Waals surface area contributed by atoms with Gasteiger partial charge in [0.15, 0.2) is 0 Å². The van der Waals surface area contributed by atoms with Crippen molar-refractivity contribution < 1.29 is 34.6 Å². The van der Waals surface area contributed by atoms with Crippen LogP contribution in [-0.2, 0) is 15.9 Å². The van der Waals surface area contributed by atoms with Crippen molar-refractivity contribution in [1.82, 2.24) is 0 Å². The van der Waals surface area contributed by atoms with Gasteiger partial charge in [-0.3, -0.25) is 0 Å². The molecule has 1 aliphatic rings. The predicted octanol–water partition coefficient (Wildman–Crippen LogP) is 2.03. The van der Waals surface area contributed by atoms with Gasteiger partial charge < -0.3 is 34.6 Å². The third-order valence-electron chi connectivity index (χ3n) is 5.67. The molecular weight excluding hydrogens is 432 g/mol. The van der Waals surface area contributed by atoms with Crippen molar-refractivity contribution in [1.29, 1.82) is 0 Å². The maximum absolute atomic E-state index is 10.7. The Morgan fingerprint density at radius 3 is 2.53 bits per heavy atom. The van der Waals surface area contributed by atoms with E-state index >= 15 is 0 Å². The Bertz CT molecular complexity index is 1000. The maximum atomic E-state index is 10.7. The van der Waals surface area contributed by atoms with Crippen molar-refractivity contribution in [3.05, 3.63) is 64.5 Å². The Kier molecular flexibility index (Phi) is 7.42. The van der Waals surface area contributed by atoms with Crippen molar-refractivity contribution in [2.75, 3.05) is 26.9 Å². The van der Waals surface area contributed by atoms with E-state index in [1.54, 1.807) is 18.4 Å². The maximum Gasteiger partial charge on any atom is 0.125 e. The van der Waals surface area contributed by atoms with Crippen molar-refractivity contribution in [3.63, 3.8) is 0 Å². The van der Waals surface area contributed by atoms with Gasteiger partial charge in [-0.1, -0.05) is 24.3 Å². The third kappa shape index (κ3) is 4.82. The first kappa shape index (κ1) is 23.1. The lowest BCUT2D eigenvalue weighted by molar-refractivity contribution is -0.232. The van der Waals surface area contributed by atoms with Gasteiger partial charge in [-0.2, -0.15) is 0 Å². The van der Waals surface area contributed by atoms with Crippen molar-refractivity contribution in [3.8, 4) is 5.75 Å². The first-order valence-corrected chi connectivity index (χ1v) is 11.4.